The summed E-state index contributed by atoms with van der Waals surface area (Å²) in [5, 5.41) is 18.1. The van der Waals surface area contributed by atoms with Crippen molar-refractivity contribution in [2.45, 2.75) is 85.0 Å². The number of fused-ring (bicyclic) bond motifs is 1. The van der Waals surface area contributed by atoms with Crippen LogP contribution in [0.25, 0.3) is 0 Å². The van der Waals surface area contributed by atoms with Gasteiger partial charge in [-0.25, -0.2) is 0 Å². The van der Waals surface area contributed by atoms with Gasteiger partial charge in [-0.05, 0) is 49.4 Å². The number of carbonyl (C=O) groups is 4. The van der Waals surface area contributed by atoms with E-state index in [2.05, 4.69) is 35.9 Å². The number of hydrogen-bond acceptors (Lipinski definition) is 6. The lowest BCUT2D eigenvalue weighted by Gasteiger charge is -2.38. The minimum Gasteiger partial charge on any atom is -0.369 e. The number of hydrogen-bond donors (Lipinski definition) is 3. The Kier molecular flexibility index (Phi) is 7.49. The molecular weight excluding hydrogens is 462 g/mol. The molecule has 0 aromatic carbocycles. The second-order valence-electron chi connectivity index (χ2n) is 12.6. The summed E-state index contributed by atoms with van der Waals surface area (Å²) in [4.78, 5) is 53.9. The lowest BCUT2D eigenvalue weighted by Crippen LogP contribution is -2.61. The second kappa shape index (κ2) is 9.66. The summed E-state index contributed by atoms with van der Waals surface area (Å²) in [6.45, 7) is 14.0. The molecule has 2 aliphatic heterocycles. The number of rotatable bonds is 8. The van der Waals surface area contributed by atoms with E-state index in [0.717, 1.165) is 0 Å². The second-order valence-corrected chi connectivity index (χ2v) is 12.6. The van der Waals surface area contributed by atoms with Crippen LogP contribution in [0.1, 0.15) is 61.3 Å². The zero-order chi connectivity index (χ0) is 27.2. The number of nitrogens with zero attached hydrogens (tertiary/aromatic N) is 2. The molecule has 6 atom stereocenters. The maximum atomic E-state index is 13.9. The molecule has 10 heteroatoms. The molecule has 4 amide bonds. The number of amides is 4. The molecule has 200 valence electrons. The maximum Gasteiger partial charge on any atom is 0.252 e. The number of carbonyl (C=O) groups excluding carboxylic acids is 4. The van der Waals surface area contributed by atoms with Crippen LogP contribution in [0.2, 0.25) is 0 Å². The predicted molar refractivity (Wildman–Crippen MR) is 132 cm³/mol. The highest BCUT2D eigenvalue weighted by atomic mass is 16.5. The zero-order valence-corrected chi connectivity index (χ0v) is 22.7. The molecule has 3 aliphatic rings. The van der Waals surface area contributed by atoms with Crippen LogP contribution in [0.15, 0.2) is 0 Å². The Labute approximate surface area is 213 Å². The Hall–Kier alpha value is -2.67. The van der Waals surface area contributed by atoms with Crippen LogP contribution in [0.3, 0.4) is 0 Å². The minimum atomic E-state index is -1.12. The van der Waals surface area contributed by atoms with E-state index < -0.39 is 35.0 Å². The Morgan fingerprint density at radius 3 is 2.36 bits per heavy atom. The van der Waals surface area contributed by atoms with Crippen LogP contribution in [0, 0.1) is 39.9 Å². The number of nitriles is 1. The molecule has 0 aromatic rings. The van der Waals surface area contributed by atoms with Crippen molar-refractivity contribution in [3.63, 3.8) is 0 Å². The first-order valence-corrected chi connectivity index (χ1v) is 12.7. The average Bonchev–Trinajstić information content (AvgIpc) is 3.14. The van der Waals surface area contributed by atoms with Gasteiger partial charge in [-0.15, -0.1) is 0 Å². The van der Waals surface area contributed by atoms with Gasteiger partial charge in [0.05, 0.1) is 6.07 Å². The van der Waals surface area contributed by atoms with Crippen molar-refractivity contribution in [2.24, 2.45) is 28.6 Å². The van der Waals surface area contributed by atoms with Gasteiger partial charge in [0.1, 0.15) is 23.7 Å². The van der Waals surface area contributed by atoms with Gasteiger partial charge >= 0.3 is 0 Å². The number of ether oxygens (including phenoxy) is 1. The number of nitrogens with one attached hydrogen (secondary N) is 3. The minimum absolute atomic E-state index is 0.0395. The van der Waals surface area contributed by atoms with Crippen molar-refractivity contribution in [3.8, 4) is 6.07 Å². The molecular formula is C26H41N5O5. The summed E-state index contributed by atoms with van der Waals surface area (Å²) in [5.41, 5.74) is -1.85. The largest absolute Gasteiger partial charge is 0.369 e. The van der Waals surface area contributed by atoms with Gasteiger partial charge < -0.3 is 25.6 Å². The van der Waals surface area contributed by atoms with Crippen molar-refractivity contribution in [3.05, 3.63) is 0 Å². The van der Waals surface area contributed by atoms with E-state index in [9.17, 15) is 24.4 Å². The highest BCUT2D eigenvalue weighted by molar-refractivity contribution is 5.95. The van der Waals surface area contributed by atoms with Crippen LogP contribution in [0.4, 0.5) is 0 Å². The third kappa shape index (κ3) is 5.22. The Morgan fingerprint density at radius 1 is 1.22 bits per heavy atom. The molecule has 1 saturated carbocycles. The van der Waals surface area contributed by atoms with Gasteiger partial charge in [-0.3, -0.25) is 19.2 Å². The molecule has 10 nitrogen and oxygen atoms in total. The molecule has 3 fully saturated rings. The third-order valence-electron chi connectivity index (χ3n) is 8.36. The summed E-state index contributed by atoms with van der Waals surface area (Å²) in [6.07, 6.45) is 0.864. The predicted octanol–water partition coefficient (Wildman–Crippen LogP) is 0.960. The number of methoxy groups -OCH3 is 1. The van der Waals surface area contributed by atoms with Crippen LogP contribution in [-0.4, -0.2) is 72.5 Å². The first-order valence-electron chi connectivity index (χ1n) is 12.7. The molecule has 0 spiro atoms. The van der Waals surface area contributed by atoms with Gasteiger partial charge in [0.25, 0.3) is 5.91 Å². The normalized spacial score (nSPS) is 28.4. The maximum absolute atomic E-state index is 13.9. The molecule has 2 saturated heterocycles. The molecule has 0 aromatic heterocycles. The van der Waals surface area contributed by atoms with Crippen LogP contribution >= 0.6 is 0 Å². The quantitative estimate of drug-likeness (QED) is 0.451. The fourth-order valence-electron chi connectivity index (χ4n) is 5.58. The topological polar surface area (TPSA) is 141 Å². The third-order valence-corrected chi connectivity index (χ3v) is 8.36. The van der Waals surface area contributed by atoms with E-state index in [1.165, 1.54) is 7.11 Å². The molecule has 2 heterocycles. The van der Waals surface area contributed by atoms with Gasteiger partial charge in [-0.1, -0.05) is 34.6 Å². The van der Waals surface area contributed by atoms with Gasteiger partial charge in [-0.2, -0.15) is 5.26 Å². The van der Waals surface area contributed by atoms with E-state index in [1.54, 1.807) is 18.7 Å². The first-order chi connectivity index (χ1) is 16.6. The Morgan fingerprint density at radius 2 is 1.86 bits per heavy atom. The fourth-order valence-corrected chi connectivity index (χ4v) is 5.58. The van der Waals surface area contributed by atoms with Gasteiger partial charge in [0.2, 0.25) is 17.7 Å². The lowest BCUT2D eigenvalue weighted by molar-refractivity contribution is -0.149. The van der Waals surface area contributed by atoms with Crippen molar-refractivity contribution < 1.29 is 23.9 Å². The summed E-state index contributed by atoms with van der Waals surface area (Å²) in [5.74, 6) is -1.42. The highest BCUT2D eigenvalue weighted by Gasteiger charge is 2.69. The standard InChI is InChI=1S/C26H41N5O5/c1-24(2,3)19(30-23(35)26(6,7)36-8)22(34)31-13-16-17(25(16,4)5)18(31)21(33)29-15(12-27)11-14-9-10-28-20(14)32/h14-19H,9-11,13H2,1-8H3,(H,28,32)(H,29,33)(H,30,35)/t14-,15-,16-,17-,18-,19+/m0/s1. The SMILES string of the molecule is COC(C)(C)C(=O)N[C@H](C(=O)N1C[C@H]2[C@@H]([C@H]1C(=O)N[C@H](C#N)C[C@@H]1CCNC1=O)C2(C)C)C(C)(C)C. The zero-order valence-electron chi connectivity index (χ0n) is 22.7. The highest BCUT2D eigenvalue weighted by Crippen LogP contribution is 2.65. The number of likely N-dealkylation sites (tertiary alicyclic amines) is 1. The number of piperidine rings is 1. The molecule has 3 rings (SSSR count). The van der Waals surface area contributed by atoms with E-state index >= 15 is 0 Å². The van der Waals surface area contributed by atoms with E-state index in [1.807, 2.05) is 20.8 Å². The monoisotopic (exact) mass is 503 g/mol. The van der Waals surface area contributed by atoms with Crippen molar-refractivity contribution in [2.75, 3.05) is 20.2 Å². The fraction of sp³-hybridized carbons (Fsp3) is 0.808. The van der Waals surface area contributed by atoms with Crippen LogP contribution < -0.4 is 16.0 Å². The van der Waals surface area contributed by atoms with Crippen LogP contribution in [-0.2, 0) is 23.9 Å². The molecule has 3 N–H and O–H groups in total. The summed E-state index contributed by atoms with van der Waals surface area (Å²) >= 11 is 0. The van der Waals surface area contributed by atoms with Gasteiger partial charge in [0.15, 0.2) is 0 Å². The molecule has 0 radical (unpaired) electrons. The van der Waals surface area contributed by atoms with E-state index in [-0.39, 0.29) is 47.3 Å². The summed E-state index contributed by atoms with van der Waals surface area (Å²) < 4.78 is 5.29. The molecule has 0 bridgehead atoms. The summed E-state index contributed by atoms with van der Waals surface area (Å²) in [6, 6.07) is -0.340. The molecule has 1 aliphatic carbocycles. The van der Waals surface area contributed by atoms with Crippen molar-refractivity contribution in [1.82, 2.24) is 20.9 Å². The lowest BCUT2D eigenvalue weighted by atomic mass is 9.84. The molecule has 36 heavy (non-hydrogen) atoms. The van der Waals surface area contributed by atoms with E-state index in [0.29, 0.717) is 19.5 Å². The first kappa shape index (κ1) is 27.9. The Bertz CT molecular complexity index is 963. The van der Waals surface area contributed by atoms with Crippen molar-refractivity contribution >= 4 is 23.6 Å². The van der Waals surface area contributed by atoms with E-state index in [4.69, 9.17) is 4.74 Å². The summed E-state index contributed by atoms with van der Waals surface area (Å²) in [7, 11) is 1.44. The van der Waals surface area contributed by atoms with Crippen molar-refractivity contribution in [1.29, 1.82) is 5.26 Å². The van der Waals surface area contributed by atoms with Gasteiger partial charge in [0, 0.05) is 26.1 Å². The average molecular weight is 504 g/mol. The van der Waals surface area contributed by atoms with Crippen LogP contribution in [0.5, 0.6) is 0 Å². The molecule has 0 unspecified atom stereocenters. The smallest absolute Gasteiger partial charge is 0.252 e. The Balaban J connectivity index is 1.81.